The number of rotatable bonds is 4. The zero-order valence-electron chi connectivity index (χ0n) is 9.74. The van der Waals surface area contributed by atoms with E-state index in [4.69, 9.17) is 9.84 Å². The van der Waals surface area contributed by atoms with Gasteiger partial charge in [0.2, 0.25) is 0 Å². The normalized spacial score (nSPS) is 32.9. The molecule has 1 heterocycles. The maximum atomic E-state index is 11.9. The Morgan fingerprint density at radius 1 is 1.44 bits per heavy atom. The van der Waals surface area contributed by atoms with Crippen LogP contribution in [0.25, 0.3) is 0 Å². The molecule has 1 N–H and O–H groups in total. The molecule has 18 heavy (non-hydrogen) atoms. The maximum Gasteiger partial charge on any atom is 0.309 e. The van der Waals surface area contributed by atoms with Gasteiger partial charge in [-0.2, -0.15) is 0 Å². The Kier molecular flexibility index (Phi) is 2.86. The highest BCUT2D eigenvalue weighted by atomic mass is 32.1. The van der Waals surface area contributed by atoms with Gasteiger partial charge >= 0.3 is 11.9 Å². The van der Waals surface area contributed by atoms with Crippen molar-refractivity contribution in [2.45, 2.75) is 19.4 Å². The lowest BCUT2D eigenvalue weighted by Gasteiger charge is -2.12. The van der Waals surface area contributed by atoms with Crippen LogP contribution in [0.5, 0.6) is 0 Å². The Morgan fingerprint density at radius 2 is 2.28 bits per heavy atom. The summed E-state index contributed by atoms with van der Waals surface area (Å²) in [7, 11) is 0. The summed E-state index contributed by atoms with van der Waals surface area (Å²) in [6.07, 6.45) is 1.63. The summed E-state index contributed by atoms with van der Waals surface area (Å²) < 4.78 is 5.27. The standard InChI is InChI=1S/C13H14O4S/c14-12(15)11-8-3-4-9(10(8)11)13(16)17-6-7-2-1-5-18-7/h1-2,5,8-11H,3-4,6H2,(H,14,15). The van der Waals surface area contributed by atoms with E-state index in [0.29, 0.717) is 6.61 Å². The minimum atomic E-state index is -0.763. The predicted octanol–water partition coefficient (Wildman–Crippen LogP) is 2.15. The molecule has 0 bridgehead atoms. The average molecular weight is 266 g/mol. The van der Waals surface area contributed by atoms with Gasteiger partial charge in [-0.25, -0.2) is 0 Å². The fourth-order valence-electron chi connectivity index (χ4n) is 3.15. The summed E-state index contributed by atoms with van der Waals surface area (Å²) in [5.41, 5.74) is 0. The first-order chi connectivity index (χ1) is 8.68. The van der Waals surface area contributed by atoms with E-state index in [1.165, 1.54) is 0 Å². The summed E-state index contributed by atoms with van der Waals surface area (Å²) >= 11 is 1.55. The minimum Gasteiger partial charge on any atom is -0.481 e. The first-order valence-corrected chi connectivity index (χ1v) is 6.98. The Hall–Kier alpha value is -1.36. The van der Waals surface area contributed by atoms with Crippen molar-refractivity contribution in [1.82, 2.24) is 0 Å². The van der Waals surface area contributed by atoms with Crippen LogP contribution in [0.1, 0.15) is 17.7 Å². The molecule has 2 fully saturated rings. The summed E-state index contributed by atoms with van der Waals surface area (Å²) in [6, 6.07) is 3.84. The second-order valence-corrected chi connectivity index (χ2v) is 6.01. The molecule has 0 spiro atoms. The zero-order valence-corrected chi connectivity index (χ0v) is 10.6. The van der Waals surface area contributed by atoms with E-state index < -0.39 is 5.97 Å². The number of carbonyl (C=O) groups is 2. The number of carboxylic acid groups (broad SMARTS) is 1. The molecular weight excluding hydrogens is 252 g/mol. The Balaban J connectivity index is 1.56. The fraction of sp³-hybridized carbons (Fsp3) is 0.538. The summed E-state index contributed by atoms with van der Waals surface area (Å²) in [5.74, 6) is -1.25. The van der Waals surface area contributed by atoms with Crippen molar-refractivity contribution >= 4 is 23.3 Å². The molecule has 0 radical (unpaired) electrons. The molecule has 1 aromatic rings. The summed E-state index contributed by atoms with van der Waals surface area (Å²) in [4.78, 5) is 23.9. The van der Waals surface area contributed by atoms with E-state index >= 15 is 0 Å². The van der Waals surface area contributed by atoms with Crippen molar-refractivity contribution in [3.05, 3.63) is 22.4 Å². The van der Waals surface area contributed by atoms with Crippen molar-refractivity contribution in [3.8, 4) is 0 Å². The molecule has 0 amide bonds. The van der Waals surface area contributed by atoms with Crippen LogP contribution in [0.4, 0.5) is 0 Å². The van der Waals surface area contributed by atoms with E-state index in [9.17, 15) is 9.59 Å². The average Bonchev–Trinajstić information content (AvgIpc) is 2.75. The molecule has 3 rings (SSSR count). The van der Waals surface area contributed by atoms with Crippen LogP contribution in [0.3, 0.4) is 0 Å². The number of hydrogen-bond donors (Lipinski definition) is 1. The lowest BCUT2D eigenvalue weighted by molar-refractivity contribution is -0.150. The summed E-state index contributed by atoms with van der Waals surface area (Å²) in [5, 5.41) is 10.9. The number of thiophene rings is 1. The van der Waals surface area contributed by atoms with E-state index in [1.54, 1.807) is 11.3 Å². The SMILES string of the molecule is O=C(OCc1cccs1)C1CCC2C(C(=O)O)C12. The van der Waals surface area contributed by atoms with E-state index in [2.05, 4.69) is 0 Å². The fourth-order valence-corrected chi connectivity index (χ4v) is 3.77. The van der Waals surface area contributed by atoms with Crippen molar-refractivity contribution in [2.24, 2.45) is 23.7 Å². The Labute approximate surface area is 109 Å². The number of carbonyl (C=O) groups excluding carboxylic acids is 1. The maximum absolute atomic E-state index is 11.9. The highest BCUT2D eigenvalue weighted by Crippen LogP contribution is 2.60. The molecule has 1 aromatic heterocycles. The van der Waals surface area contributed by atoms with Crippen LogP contribution < -0.4 is 0 Å². The van der Waals surface area contributed by atoms with Crippen molar-refractivity contribution in [1.29, 1.82) is 0 Å². The van der Waals surface area contributed by atoms with Crippen LogP contribution in [0, 0.1) is 23.7 Å². The molecule has 4 atom stereocenters. The molecule has 0 saturated heterocycles. The molecule has 2 aliphatic carbocycles. The Bertz CT molecular complexity index is 467. The van der Waals surface area contributed by atoms with E-state index in [0.717, 1.165) is 17.7 Å². The highest BCUT2D eigenvalue weighted by molar-refractivity contribution is 7.09. The van der Waals surface area contributed by atoms with Gasteiger partial charge in [0.1, 0.15) is 6.61 Å². The summed E-state index contributed by atoms with van der Waals surface area (Å²) in [6.45, 7) is 0.308. The number of fused-ring (bicyclic) bond motifs is 1. The van der Waals surface area contributed by atoms with Gasteiger partial charge in [-0.1, -0.05) is 6.07 Å². The van der Waals surface area contributed by atoms with Gasteiger partial charge in [-0.15, -0.1) is 11.3 Å². The van der Waals surface area contributed by atoms with Gasteiger partial charge in [-0.05, 0) is 36.1 Å². The molecule has 4 nitrogen and oxygen atoms in total. The highest BCUT2D eigenvalue weighted by Gasteiger charge is 2.63. The van der Waals surface area contributed by atoms with Crippen molar-refractivity contribution < 1.29 is 19.4 Å². The third kappa shape index (κ3) is 1.92. The number of esters is 1. The van der Waals surface area contributed by atoms with Crippen molar-refractivity contribution in [3.63, 3.8) is 0 Å². The molecule has 96 valence electrons. The molecule has 2 aliphatic rings. The van der Waals surface area contributed by atoms with E-state index in [1.807, 2.05) is 17.5 Å². The van der Waals surface area contributed by atoms with Gasteiger partial charge in [-0.3, -0.25) is 9.59 Å². The van der Waals surface area contributed by atoms with Crippen molar-refractivity contribution in [2.75, 3.05) is 0 Å². The van der Waals surface area contributed by atoms with Gasteiger partial charge in [0.05, 0.1) is 11.8 Å². The third-order valence-electron chi connectivity index (χ3n) is 4.03. The van der Waals surface area contributed by atoms with Gasteiger partial charge in [0, 0.05) is 4.88 Å². The van der Waals surface area contributed by atoms with Crippen LogP contribution in [-0.4, -0.2) is 17.0 Å². The molecule has 0 aliphatic heterocycles. The van der Waals surface area contributed by atoms with Crippen LogP contribution in [0.15, 0.2) is 17.5 Å². The zero-order chi connectivity index (χ0) is 12.7. The second-order valence-electron chi connectivity index (χ2n) is 4.98. The third-order valence-corrected chi connectivity index (χ3v) is 4.88. The molecule has 5 heteroatoms. The minimum absolute atomic E-state index is 0.0262. The topological polar surface area (TPSA) is 63.6 Å². The van der Waals surface area contributed by atoms with Gasteiger partial charge in [0.25, 0.3) is 0 Å². The first-order valence-electron chi connectivity index (χ1n) is 6.10. The first kappa shape index (κ1) is 11.7. The number of hydrogen-bond acceptors (Lipinski definition) is 4. The number of aliphatic carboxylic acids is 1. The monoisotopic (exact) mass is 266 g/mol. The predicted molar refractivity (Wildman–Crippen MR) is 64.9 cm³/mol. The largest absolute Gasteiger partial charge is 0.481 e. The quantitative estimate of drug-likeness (QED) is 0.848. The molecule has 0 aromatic carbocycles. The lowest BCUT2D eigenvalue weighted by Crippen LogP contribution is -2.20. The number of ether oxygens (including phenoxy) is 1. The van der Waals surface area contributed by atoms with E-state index in [-0.39, 0.29) is 29.6 Å². The number of carboxylic acids is 1. The van der Waals surface area contributed by atoms with Gasteiger partial charge < -0.3 is 9.84 Å². The van der Waals surface area contributed by atoms with Crippen LogP contribution >= 0.6 is 11.3 Å². The lowest BCUT2D eigenvalue weighted by atomic mass is 10.0. The van der Waals surface area contributed by atoms with Crippen LogP contribution in [0.2, 0.25) is 0 Å². The van der Waals surface area contributed by atoms with Crippen LogP contribution in [-0.2, 0) is 20.9 Å². The van der Waals surface area contributed by atoms with Gasteiger partial charge in [0.15, 0.2) is 0 Å². The smallest absolute Gasteiger partial charge is 0.309 e. The Morgan fingerprint density at radius 3 is 2.89 bits per heavy atom. The second kappa shape index (κ2) is 4.39. The molecule has 2 saturated carbocycles. The molecular formula is C13H14O4S. The molecule has 4 unspecified atom stereocenters.